The largest absolute Gasteiger partial charge is 0.497 e. The van der Waals surface area contributed by atoms with E-state index in [1.807, 2.05) is 26.2 Å². The Morgan fingerprint density at radius 2 is 1.94 bits per heavy atom. The van der Waals surface area contributed by atoms with Gasteiger partial charge in [-0.05, 0) is 44.4 Å². The van der Waals surface area contributed by atoms with Crippen molar-refractivity contribution in [2.75, 3.05) is 18.7 Å². The first-order valence-electron chi connectivity index (χ1n) is 10.3. The van der Waals surface area contributed by atoms with E-state index in [9.17, 15) is 13.2 Å². The number of benzene rings is 2. The Hall–Kier alpha value is -2.23. The highest BCUT2D eigenvalue weighted by Crippen LogP contribution is 2.42. The Labute approximate surface area is 194 Å². The van der Waals surface area contributed by atoms with Gasteiger partial charge in [0.05, 0.1) is 23.7 Å². The van der Waals surface area contributed by atoms with Crippen molar-refractivity contribution in [3.8, 4) is 11.5 Å². The molecule has 174 valence electrons. The Kier molecular flexibility index (Phi) is 7.12. The molecule has 0 spiro atoms. The van der Waals surface area contributed by atoms with Crippen LogP contribution < -0.4 is 19.5 Å². The number of hydrogen-bond donors (Lipinski definition) is 2. The third kappa shape index (κ3) is 5.39. The summed E-state index contributed by atoms with van der Waals surface area (Å²) in [7, 11) is -2.30. The van der Waals surface area contributed by atoms with E-state index in [0.29, 0.717) is 23.6 Å². The van der Waals surface area contributed by atoms with Gasteiger partial charge in [0.15, 0.2) is 0 Å². The van der Waals surface area contributed by atoms with Gasteiger partial charge in [-0.25, -0.2) is 13.1 Å². The fourth-order valence-electron chi connectivity index (χ4n) is 3.55. The zero-order valence-electron chi connectivity index (χ0n) is 19.2. The SMILES string of the molecule is COc1ccc2c(c1)OC(C)(C)CC2NS(=O)(=O)c1ccc(SC)c(NC(=O)C(C)C)c1. The molecule has 32 heavy (non-hydrogen) atoms. The van der Waals surface area contributed by atoms with Crippen molar-refractivity contribution in [3.05, 3.63) is 42.0 Å². The molecule has 3 rings (SSSR count). The van der Waals surface area contributed by atoms with E-state index in [1.54, 1.807) is 45.2 Å². The maximum Gasteiger partial charge on any atom is 0.241 e. The van der Waals surface area contributed by atoms with E-state index in [2.05, 4.69) is 10.0 Å². The fraction of sp³-hybridized carbons (Fsp3) is 0.435. The van der Waals surface area contributed by atoms with Gasteiger partial charge in [-0.3, -0.25) is 4.79 Å². The molecule has 1 aliphatic heterocycles. The van der Waals surface area contributed by atoms with E-state index >= 15 is 0 Å². The molecule has 2 N–H and O–H groups in total. The molecule has 0 saturated carbocycles. The fourth-order valence-corrected chi connectivity index (χ4v) is 5.32. The van der Waals surface area contributed by atoms with Crippen molar-refractivity contribution in [2.45, 2.75) is 55.5 Å². The monoisotopic (exact) mass is 478 g/mol. The van der Waals surface area contributed by atoms with Crippen LogP contribution in [0.3, 0.4) is 0 Å². The van der Waals surface area contributed by atoms with Gasteiger partial charge in [-0.15, -0.1) is 11.8 Å². The molecule has 1 heterocycles. The molecule has 1 aliphatic rings. The van der Waals surface area contributed by atoms with Crippen LogP contribution in [0.15, 0.2) is 46.2 Å². The topological polar surface area (TPSA) is 93.7 Å². The number of amides is 1. The van der Waals surface area contributed by atoms with Crippen LogP contribution in [0.2, 0.25) is 0 Å². The van der Waals surface area contributed by atoms with Crippen molar-refractivity contribution in [1.82, 2.24) is 4.72 Å². The lowest BCUT2D eigenvalue weighted by molar-refractivity contribution is -0.118. The first kappa shape index (κ1) is 24.4. The lowest BCUT2D eigenvalue weighted by Gasteiger charge is -2.37. The zero-order chi connectivity index (χ0) is 23.7. The number of carbonyl (C=O) groups excluding carboxylic acids is 1. The van der Waals surface area contributed by atoms with Crippen LogP contribution in [0.25, 0.3) is 0 Å². The van der Waals surface area contributed by atoms with Crippen molar-refractivity contribution in [3.63, 3.8) is 0 Å². The number of hydrogen-bond acceptors (Lipinski definition) is 6. The highest BCUT2D eigenvalue weighted by atomic mass is 32.2. The molecule has 9 heteroatoms. The standard InChI is InChI=1S/C23H30N2O5S2/c1-14(2)22(26)24-18-12-16(8-10-21(18)31-6)32(27,28)25-19-13-23(3,4)30-20-11-15(29-5)7-9-17(19)20/h7-12,14,19,25H,13H2,1-6H3,(H,24,26). The second-order valence-electron chi connectivity index (χ2n) is 8.65. The second-order valence-corrected chi connectivity index (χ2v) is 11.2. The second kappa shape index (κ2) is 9.33. The molecule has 0 fully saturated rings. The van der Waals surface area contributed by atoms with Gasteiger partial charge in [0.2, 0.25) is 15.9 Å². The smallest absolute Gasteiger partial charge is 0.241 e. The number of fused-ring (bicyclic) bond motifs is 1. The summed E-state index contributed by atoms with van der Waals surface area (Å²) in [6, 6.07) is 9.67. The number of methoxy groups -OCH3 is 1. The number of anilines is 1. The van der Waals surface area contributed by atoms with Crippen LogP contribution in [0.1, 0.15) is 45.7 Å². The van der Waals surface area contributed by atoms with E-state index < -0.39 is 21.7 Å². The van der Waals surface area contributed by atoms with Crippen molar-refractivity contribution in [1.29, 1.82) is 0 Å². The third-order valence-electron chi connectivity index (χ3n) is 5.24. The number of ether oxygens (including phenoxy) is 2. The van der Waals surface area contributed by atoms with E-state index in [1.165, 1.54) is 17.8 Å². The Balaban J connectivity index is 1.95. The Morgan fingerprint density at radius 1 is 1.22 bits per heavy atom. The molecular formula is C23H30N2O5S2. The molecule has 1 unspecified atom stereocenters. The van der Waals surface area contributed by atoms with Gasteiger partial charge in [-0.1, -0.05) is 19.9 Å². The third-order valence-corrected chi connectivity index (χ3v) is 7.50. The molecule has 1 amide bonds. The average molecular weight is 479 g/mol. The zero-order valence-corrected chi connectivity index (χ0v) is 20.8. The Bertz CT molecular complexity index is 1110. The summed E-state index contributed by atoms with van der Waals surface area (Å²) in [6.45, 7) is 7.41. The number of carbonyl (C=O) groups is 1. The molecule has 1 atom stereocenters. The molecule has 2 aromatic carbocycles. The molecule has 0 aromatic heterocycles. The first-order chi connectivity index (χ1) is 15.0. The van der Waals surface area contributed by atoms with Gasteiger partial charge < -0.3 is 14.8 Å². The van der Waals surface area contributed by atoms with E-state index in [0.717, 1.165) is 10.5 Å². The maximum absolute atomic E-state index is 13.3. The summed E-state index contributed by atoms with van der Waals surface area (Å²) in [5, 5.41) is 2.83. The summed E-state index contributed by atoms with van der Waals surface area (Å²) in [4.78, 5) is 13.1. The Morgan fingerprint density at radius 3 is 2.56 bits per heavy atom. The summed E-state index contributed by atoms with van der Waals surface area (Å²) < 4.78 is 40.8. The van der Waals surface area contributed by atoms with E-state index in [-0.39, 0.29) is 16.7 Å². The number of sulfonamides is 1. The lowest BCUT2D eigenvalue weighted by Crippen LogP contribution is -2.41. The number of thioether (sulfide) groups is 1. The predicted octanol–water partition coefficient (Wildman–Crippen LogP) is 4.59. The lowest BCUT2D eigenvalue weighted by atomic mass is 9.90. The van der Waals surface area contributed by atoms with Crippen LogP contribution in [0.5, 0.6) is 11.5 Å². The number of nitrogens with one attached hydrogen (secondary N) is 2. The van der Waals surface area contributed by atoms with E-state index in [4.69, 9.17) is 9.47 Å². The van der Waals surface area contributed by atoms with Gasteiger partial charge >= 0.3 is 0 Å². The first-order valence-corrected chi connectivity index (χ1v) is 13.0. The van der Waals surface area contributed by atoms with Crippen molar-refractivity contribution in [2.24, 2.45) is 5.92 Å². The predicted molar refractivity (Wildman–Crippen MR) is 127 cm³/mol. The van der Waals surface area contributed by atoms with Crippen LogP contribution in [0, 0.1) is 5.92 Å². The van der Waals surface area contributed by atoms with Crippen molar-refractivity contribution < 1.29 is 22.7 Å². The molecule has 0 radical (unpaired) electrons. The highest BCUT2D eigenvalue weighted by Gasteiger charge is 2.36. The maximum atomic E-state index is 13.3. The summed E-state index contributed by atoms with van der Waals surface area (Å²) in [5.74, 6) is 0.843. The highest BCUT2D eigenvalue weighted by molar-refractivity contribution is 7.98. The van der Waals surface area contributed by atoms with Gasteiger partial charge in [-0.2, -0.15) is 0 Å². The quantitative estimate of drug-likeness (QED) is 0.565. The molecule has 0 bridgehead atoms. The molecule has 7 nitrogen and oxygen atoms in total. The minimum Gasteiger partial charge on any atom is -0.497 e. The summed E-state index contributed by atoms with van der Waals surface area (Å²) >= 11 is 1.44. The number of rotatable bonds is 7. The molecular weight excluding hydrogens is 448 g/mol. The average Bonchev–Trinajstić information content (AvgIpc) is 2.71. The summed E-state index contributed by atoms with van der Waals surface area (Å²) in [5.41, 5.74) is 0.672. The normalized spacial score (nSPS) is 17.4. The minimum absolute atomic E-state index is 0.0914. The molecule has 0 aliphatic carbocycles. The van der Waals surface area contributed by atoms with Gasteiger partial charge in [0.1, 0.15) is 17.1 Å². The van der Waals surface area contributed by atoms with Crippen LogP contribution >= 0.6 is 11.8 Å². The van der Waals surface area contributed by atoms with Gasteiger partial charge in [0.25, 0.3) is 0 Å². The van der Waals surface area contributed by atoms with Crippen molar-refractivity contribution >= 4 is 33.4 Å². The summed E-state index contributed by atoms with van der Waals surface area (Å²) in [6.07, 6.45) is 2.34. The minimum atomic E-state index is -3.87. The van der Waals surface area contributed by atoms with Crippen LogP contribution in [0.4, 0.5) is 5.69 Å². The molecule has 0 saturated heterocycles. The van der Waals surface area contributed by atoms with Crippen LogP contribution in [-0.2, 0) is 14.8 Å². The molecule has 2 aromatic rings. The van der Waals surface area contributed by atoms with Gasteiger partial charge in [0, 0.05) is 28.9 Å². The van der Waals surface area contributed by atoms with Crippen LogP contribution in [-0.4, -0.2) is 33.3 Å².